The molecule has 0 aliphatic carbocycles. The van der Waals surface area contributed by atoms with Crippen LogP contribution in [0, 0.1) is 6.92 Å². The second-order valence-electron chi connectivity index (χ2n) is 8.06. The van der Waals surface area contributed by atoms with Crippen molar-refractivity contribution in [3.8, 4) is 17.1 Å². The van der Waals surface area contributed by atoms with Crippen molar-refractivity contribution in [2.45, 2.75) is 39.2 Å². The molecule has 0 saturated carbocycles. The summed E-state index contributed by atoms with van der Waals surface area (Å²) in [6, 6.07) is 11.2. The number of amides is 1. The minimum atomic E-state index is -0.397. The molecule has 0 unspecified atom stereocenters. The van der Waals surface area contributed by atoms with Crippen LogP contribution in [0.25, 0.3) is 22.3 Å². The van der Waals surface area contributed by atoms with Gasteiger partial charge in [0.2, 0.25) is 11.5 Å². The zero-order valence-electron chi connectivity index (χ0n) is 18.8. The van der Waals surface area contributed by atoms with Crippen LogP contribution < -0.4 is 5.62 Å². The van der Waals surface area contributed by atoms with Crippen LogP contribution in [0.4, 0.5) is 0 Å². The number of nitrogens with zero attached hydrogens (tertiary/aromatic N) is 5. The fourth-order valence-electron chi connectivity index (χ4n) is 3.87. The number of aliphatic hydroxyl groups is 1. The number of para-hydroxylation sites is 2. The van der Waals surface area contributed by atoms with E-state index in [9.17, 15) is 9.90 Å². The van der Waals surface area contributed by atoms with E-state index in [-0.39, 0.29) is 12.5 Å². The van der Waals surface area contributed by atoms with Gasteiger partial charge in [0.05, 0.1) is 28.5 Å². The minimum absolute atomic E-state index is 0.0157. The molecule has 0 saturated heterocycles. The number of imidazole rings is 1. The lowest BCUT2D eigenvalue weighted by molar-refractivity contribution is 0.0996. The zero-order chi connectivity index (χ0) is 23.4. The van der Waals surface area contributed by atoms with Crippen LogP contribution in [0.2, 0.25) is 0 Å². The van der Waals surface area contributed by atoms with Gasteiger partial charge in [-0.2, -0.15) is 10.1 Å². The maximum absolute atomic E-state index is 13.1. The van der Waals surface area contributed by atoms with E-state index in [1.165, 1.54) is 10.9 Å². The van der Waals surface area contributed by atoms with Crippen LogP contribution in [0.1, 0.15) is 41.7 Å². The molecule has 4 aromatic rings. The summed E-state index contributed by atoms with van der Waals surface area (Å²) in [5.74, 6) is -0.413. The molecule has 0 spiro atoms. The average molecular weight is 449 g/mol. The van der Waals surface area contributed by atoms with Crippen molar-refractivity contribution in [2.75, 3.05) is 6.61 Å². The van der Waals surface area contributed by atoms with Gasteiger partial charge in [0.1, 0.15) is 0 Å². The number of aliphatic hydroxyl groups excluding tert-OH is 1. The third kappa shape index (κ3) is 4.88. The molecule has 172 valence electrons. The first-order valence-electron chi connectivity index (χ1n) is 11.1. The van der Waals surface area contributed by atoms with Gasteiger partial charge in [-0.05, 0) is 44.0 Å². The largest absolute Gasteiger partial charge is 0.493 e. The number of aromatic amines is 1. The molecule has 3 N–H and O–H groups in total. The number of hydrogen-bond donors (Lipinski definition) is 3. The van der Waals surface area contributed by atoms with Gasteiger partial charge in [0, 0.05) is 31.5 Å². The quantitative estimate of drug-likeness (QED) is 0.358. The van der Waals surface area contributed by atoms with Gasteiger partial charge in [0.15, 0.2) is 0 Å². The number of pyridine rings is 1. The van der Waals surface area contributed by atoms with Crippen molar-refractivity contribution in [1.29, 1.82) is 0 Å². The molecule has 0 atom stereocenters. The normalized spacial score (nSPS) is 12.0. The lowest BCUT2D eigenvalue weighted by Crippen LogP contribution is -2.21. The van der Waals surface area contributed by atoms with Crippen molar-refractivity contribution < 1.29 is 15.0 Å². The Morgan fingerprint density at radius 3 is 2.70 bits per heavy atom. The minimum Gasteiger partial charge on any atom is -0.493 e. The standard InChI is InChI=1S/C24H28N6O3/c1-16-13-17(14-20(26-16)18-15-25-29(2)23(18)33)22(32)28-24-27-19-9-5-6-10-21(19)30(24)11-7-3-4-8-12-31/h5-6,9-10,13-15,31,33H,3-4,7-8,11-12H2,1-2H3,(H,27,28,32). The van der Waals surface area contributed by atoms with E-state index in [1.54, 1.807) is 26.1 Å². The van der Waals surface area contributed by atoms with Crippen molar-refractivity contribution >= 4 is 16.9 Å². The monoisotopic (exact) mass is 448 g/mol. The number of carbonyl (C=O) groups excluding carboxylic acids is 1. The number of carbonyl (C=O) groups is 1. The molecule has 9 nitrogen and oxygen atoms in total. The maximum Gasteiger partial charge on any atom is 0.280 e. The van der Waals surface area contributed by atoms with Gasteiger partial charge < -0.3 is 19.8 Å². The highest BCUT2D eigenvalue weighted by atomic mass is 16.3. The summed E-state index contributed by atoms with van der Waals surface area (Å²) in [4.78, 5) is 25.3. The smallest absolute Gasteiger partial charge is 0.280 e. The maximum atomic E-state index is 13.1. The Labute approximate surface area is 191 Å². The number of aryl methyl sites for hydroxylation is 3. The molecule has 9 heteroatoms. The van der Waals surface area contributed by atoms with Crippen LogP contribution in [0.15, 0.2) is 47.6 Å². The van der Waals surface area contributed by atoms with E-state index < -0.39 is 5.91 Å². The Balaban J connectivity index is 1.69. The molecule has 1 aromatic carbocycles. The topological polar surface area (TPSA) is 121 Å². The van der Waals surface area contributed by atoms with Crippen molar-refractivity contribution in [3.63, 3.8) is 0 Å². The Kier molecular flexibility index (Phi) is 6.69. The summed E-state index contributed by atoms with van der Waals surface area (Å²) in [5, 5.41) is 23.3. The van der Waals surface area contributed by atoms with Crippen LogP contribution in [-0.4, -0.2) is 47.0 Å². The van der Waals surface area contributed by atoms with Gasteiger partial charge in [0.25, 0.3) is 5.91 Å². The summed E-state index contributed by atoms with van der Waals surface area (Å²) < 4.78 is 3.37. The molecular weight excluding hydrogens is 420 g/mol. The van der Waals surface area contributed by atoms with Gasteiger partial charge in [-0.25, -0.2) is 4.68 Å². The number of hydrogen-bond acceptors (Lipinski definition) is 5. The highest BCUT2D eigenvalue weighted by Gasteiger charge is 2.15. The SMILES string of the molecule is Cc1cc(C(=O)/N=c2\[nH]c3ccccc3n2CCCCCCO)cc(-c2cnn(C)c2O)n1. The fraction of sp³-hybridized carbons (Fsp3) is 0.333. The van der Waals surface area contributed by atoms with E-state index >= 15 is 0 Å². The average Bonchev–Trinajstić information content (AvgIpc) is 3.32. The van der Waals surface area contributed by atoms with Crippen molar-refractivity contribution in [2.24, 2.45) is 12.0 Å². The number of H-pyrrole nitrogens is 1. The van der Waals surface area contributed by atoms with E-state index in [1.807, 2.05) is 28.8 Å². The van der Waals surface area contributed by atoms with Crippen LogP contribution in [-0.2, 0) is 13.6 Å². The van der Waals surface area contributed by atoms with Gasteiger partial charge in [-0.15, -0.1) is 0 Å². The van der Waals surface area contributed by atoms with E-state index in [0.717, 1.165) is 36.7 Å². The first-order valence-corrected chi connectivity index (χ1v) is 11.1. The first kappa shape index (κ1) is 22.5. The second-order valence-corrected chi connectivity index (χ2v) is 8.06. The number of fused-ring (bicyclic) bond motifs is 1. The Bertz CT molecular complexity index is 1350. The molecule has 0 aliphatic heterocycles. The molecule has 3 heterocycles. The number of rotatable bonds is 8. The van der Waals surface area contributed by atoms with Gasteiger partial charge in [-0.3, -0.25) is 9.78 Å². The van der Waals surface area contributed by atoms with Crippen LogP contribution in [0.5, 0.6) is 5.88 Å². The number of nitrogens with one attached hydrogen (secondary N) is 1. The van der Waals surface area contributed by atoms with Crippen molar-refractivity contribution in [3.05, 3.63) is 59.5 Å². The molecule has 33 heavy (non-hydrogen) atoms. The number of aromatic nitrogens is 5. The highest BCUT2D eigenvalue weighted by Crippen LogP contribution is 2.27. The number of unbranched alkanes of at least 4 members (excludes halogenated alkanes) is 3. The molecule has 0 fully saturated rings. The van der Waals surface area contributed by atoms with Crippen LogP contribution in [0.3, 0.4) is 0 Å². The van der Waals surface area contributed by atoms with Gasteiger partial charge in [-0.1, -0.05) is 25.0 Å². The summed E-state index contributed by atoms with van der Waals surface area (Å²) >= 11 is 0. The highest BCUT2D eigenvalue weighted by molar-refractivity contribution is 5.96. The zero-order valence-corrected chi connectivity index (χ0v) is 18.8. The lowest BCUT2D eigenvalue weighted by atomic mass is 10.1. The Hall–Kier alpha value is -3.72. The summed E-state index contributed by atoms with van der Waals surface area (Å²) in [6.07, 6.45) is 5.19. The molecule has 1 amide bonds. The molecule has 0 radical (unpaired) electrons. The molecular formula is C24H28N6O3. The Morgan fingerprint density at radius 2 is 1.94 bits per heavy atom. The number of benzene rings is 1. The third-order valence-corrected chi connectivity index (χ3v) is 5.58. The number of aromatic hydroxyl groups is 1. The third-order valence-electron chi connectivity index (χ3n) is 5.58. The predicted octanol–water partition coefficient (Wildman–Crippen LogP) is 3.07. The van der Waals surface area contributed by atoms with Crippen molar-refractivity contribution in [1.82, 2.24) is 24.3 Å². The molecule has 0 aliphatic rings. The molecule has 3 aromatic heterocycles. The Morgan fingerprint density at radius 1 is 1.15 bits per heavy atom. The second kappa shape index (κ2) is 9.83. The lowest BCUT2D eigenvalue weighted by Gasteiger charge is -2.06. The fourth-order valence-corrected chi connectivity index (χ4v) is 3.87. The van der Waals surface area contributed by atoms with E-state index in [2.05, 4.69) is 20.1 Å². The summed E-state index contributed by atoms with van der Waals surface area (Å²) in [5.41, 5.74) is 4.33. The van der Waals surface area contributed by atoms with Gasteiger partial charge >= 0.3 is 0 Å². The van der Waals surface area contributed by atoms with E-state index in [4.69, 9.17) is 5.11 Å². The molecule has 0 bridgehead atoms. The van der Waals surface area contributed by atoms with Crippen LogP contribution >= 0.6 is 0 Å². The molecule has 4 rings (SSSR count). The van der Waals surface area contributed by atoms with E-state index in [0.29, 0.717) is 34.7 Å². The summed E-state index contributed by atoms with van der Waals surface area (Å²) in [7, 11) is 1.63. The first-order chi connectivity index (χ1) is 16.0. The summed E-state index contributed by atoms with van der Waals surface area (Å²) in [6.45, 7) is 2.72. The predicted molar refractivity (Wildman–Crippen MR) is 125 cm³/mol.